The Kier molecular flexibility index (Phi) is 6.35. The molecule has 1 aromatic rings. The van der Waals surface area contributed by atoms with Gasteiger partial charge in [-0.3, -0.25) is 4.79 Å². The Labute approximate surface area is 133 Å². The van der Waals surface area contributed by atoms with Crippen molar-refractivity contribution in [3.63, 3.8) is 0 Å². The lowest BCUT2D eigenvalue weighted by Crippen LogP contribution is -2.37. The zero-order chi connectivity index (χ0) is 15.1. The van der Waals surface area contributed by atoms with E-state index in [4.69, 9.17) is 0 Å². The summed E-state index contributed by atoms with van der Waals surface area (Å²) in [6, 6.07) is 8.13. The minimum absolute atomic E-state index is 0.197. The molecule has 1 nitrogen and oxygen atoms in total. The number of Topliss-reactive ketones (excluding diaryl/α,β-unsaturated/α-hetero) is 1. The minimum atomic E-state index is -0.197. The highest BCUT2D eigenvalue weighted by Crippen LogP contribution is 2.39. The summed E-state index contributed by atoms with van der Waals surface area (Å²) < 4.78 is -0.197. The van der Waals surface area contributed by atoms with Crippen LogP contribution in [0, 0.1) is 0 Å². The Bertz CT molecular complexity index is 468. The highest BCUT2D eigenvalue weighted by Gasteiger charge is 2.38. The van der Waals surface area contributed by atoms with Crippen molar-refractivity contribution in [1.82, 2.24) is 0 Å². The summed E-state index contributed by atoms with van der Waals surface area (Å²) in [6.45, 7) is 4.40. The van der Waals surface area contributed by atoms with Crippen LogP contribution in [-0.2, 0) is 6.42 Å². The third-order valence-electron chi connectivity index (χ3n) is 4.53. The molecule has 0 saturated carbocycles. The van der Waals surface area contributed by atoms with Gasteiger partial charge in [-0.1, -0.05) is 63.3 Å². The topological polar surface area (TPSA) is 17.1 Å². The predicted molar refractivity (Wildman–Crippen MR) is 93.3 cm³/mol. The minimum Gasteiger partial charge on any atom is -0.293 e. The predicted octanol–water partition coefficient (Wildman–Crippen LogP) is 5.67. The monoisotopic (exact) mass is 304 g/mol. The van der Waals surface area contributed by atoms with E-state index in [9.17, 15) is 4.79 Å². The summed E-state index contributed by atoms with van der Waals surface area (Å²) in [5.41, 5.74) is 2.20. The number of unbranched alkanes of at least 4 members (excludes halogenated alkanes) is 5. The highest BCUT2D eigenvalue weighted by molar-refractivity contribution is 8.01. The molecule has 2 rings (SSSR count). The van der Waals surface area contributed by atoms with E-state index in [0.717, 1.165) is 24.2 Å². The Morgan fingerprint density at radius 2 is 1.81 bits per heavy atom. The zero-order valence-electron chi connectivity index (χ0n) is 13.5. The van der Waals surface area contributed by atoms with Gasteiger partial charge < -0.3 is 0 Å². The molecule has 1 atom stereocenters. The van der Waals surface area contributed by atoms with Crippen LogP contribution in [0.4, 0.5) is 0 Å². The van der Waals surface area contributed by atoms with Gasteiger partial charge in [0.2, 0.25) is 0 Å². The number of hydrogen-bond donors (Lipinski definition) is 0. The fraction of sp³-hybridized carbons (Fsp3) is 0.632. The molecule has 0 bridgehead atoms. The number of benzene rings is 1. The van der Waals surface area contributed by atoms with E-state index in [1.54, 1.807) is 0 Å². The first kappa shape index (κ1) is 16.6. The summed E-state index contributed by atoms with van der Waals surface area (Å²) in [4.78, 5) is 12.7. The van der Waals surface area contributed by atoms with E-state index in [1.165, 1.54) is 44.1 Å². The van der Waals surface area contributed by atoms with Crippen LogP contribution >= 0.6 is 11.8 Å². The molecule has 0 N–H and O–H groups in total. The maximum atomic E-state index is 12.7. The molecule has 2 heteroatoms. The first-order valence-corrected chi connectivity index (χ1v) is 9.42. The van der Waals surface area contributed by atoms with E-state index in [2.05, 4.69) is 19.9 Å². The average Bonchev–Trinajstić information content (AvgIpc) is 2.51. The van der Waals surface area contributed by atoms with E-state index < -0.39 is 0 Å². The third-order valence-corrected chi connectivity index (χ3v) is 6.05. The van der Waals surface area contributed by atoms with E-state index in [1.807, 2.05) is 30.0 Å². The van der Waals surface area contributed by atoms with Crippen LogP contribution in [0.5, 0.6) is 0 Å². The summed E-state index contributed by atoms with van der Waals surface area (Å²) >= 11 is 1.89. The molecule has 0 aromatic heterocycles. The van der Waals surface area contributed by atoms with Crippen LogP contribution in [0.15, 0.2) is 24.3 Å². The van der Waals surface area contributed by atoms with Gasteiger partial charge in [0.15, 0.2) is 5.78 Å². The van der Waals surface area contributed by atoms with Crippen LogP contribution < -0.4 is 0 Å². The number of carbonyl (C=O) groups is 1. The Balaban J connectivity index is 1.79. The largest absolute Gasteiger partial charge is 0.293 e. The second-order valence-corrected chi connectivity index (χ2v) is 7.93. The Morgan fingerprint density at radius 1 is 1.10 bits per heavy atom. The van der Waals surface area contributed by atoms with Crippen molar-refractivity contribution < 1.29 is 4.79 Å². The molecule has 0 radical (unpaired) electrons. The van der Waals surface area contributed by atoms with Crippen LogP contribution in [0.25, 0.3) is 0 Å². The fourth-order valence-electron chi connectivity index (χ4n) is 3.05. The van der Waals surface area contributed by atoms with Crippen molar-refractivity contribution in [2.75, 3.05) is 5.75 Å². The molecule has 1 aliphatic rings. The lowest BCUT2D eigenvalue weighted by Gasteiger charge is -2.32. The van der Waals surface area contributed by atoms with Crippen molar-refractivity contribution in [1.29, 1.82) is 0 Å². The van der Waals surface area contributed by atoms with Gasteiger partial charge >= 0.3 is 0 Å². The first-order chi connectivity index (χ1) is 10.2. The zero-order valence-corrected chi connectivity index (χ0v) is 14.3. The molecular formula is C19H28OS. The van der Waals surface area contributed by atoms with E-state index in [-0.39, 0.29) is 4.75 Å². The normalized spacial score (nSPS) is 21.3. The number of hydrogen-bond acceptors (Lipinski definition) is 2. The van der Waals surface area contributed by atoms with Gasteiger partial charge in [-0.15, -0.1) is 11.8 Å². The quantitative estimate of drug-likeness (QED) is 0.576. The van der Waals surface area contributed by atoms with Crippen molar-refractivity contribution in [2.24, 2.45) is 0 Å². The van der Waals surface area contributed by atoms with Crippen LogP contribution in [0.1, 0.15) is 74.7 Å². The molecule has 21 heavy (non-hydrogen) atoms. The second kappa shape index (κ2) is 8.03. The number of fused-ring (bicyclic) bond motifs is 1. The molecule has 0 fully saturated rings. The van der Waals surface area contributed by atoms with Crippen molar-refractivity contribution in [3.05, 3.63) is 35.4 Å². The van der Waals surface area contributed by atoms with E-state index >= 15 is 0 Å². The second-order valence-electron chi connectivity index (χ2n) is 6.33. The van der Waals surface area contributed by atoms with Crippen molar-refractivity contribution >= 4 is 17.5 Å². The third kappa shape index (κ3) is 4.35. The van der Waals surface area contributed by atoms with Crippen LogP contribution in [0.2, 0.25) is 0 Å². The first-order valence-electron chi connectivity index (χ1n) is 8.44. The van der Waals surface area contributed by atoms with E-state index in [0.29, 0.717) is 5.78 Å². The summed E-state index contributed by atoms with van der Waals surface area (Å²) in [5, 5.41) is 0. The van der Waals surface area contributed by atoms with Gasteiger partial charge in [0.25, 0.3) is 0 Å². The Morgan fingerprint density at radius 3 is 2.62 bits per heavy atom. The van der Waals surface area contributed by atoms with Crippen LogP contribution in [-0.4, -0.2) is 16.3 Å². The molecular weight excluding hydrogens is 276 g/mol. The molecule has 0 unspecified atom stereocenters. The Hall–Kier alpha value is -0.760. The van der Waals surface area contributed by atoms with Gasteiger partial charge in [0, 0.05) is 5.56 Å². The number of rotatable bonds is 8. The smallest absolute Gasteiger partial charge is 0.178 e. The molecule has 1 aromatic carbocycles. The number of ketones is 1. The SMILES string of the molecule is CCCCCCCCS[C@]1(C)CCc2ccccc2C1=O. The molecule has 0 heterocycles. The standard InChI is InChI=1S/C19H28OS/c1-3-4-5-6-7-10-15-21-19(2)14-13-16-11-8-9-12-17(16)18(19)20/h8-9,11-12H,3-7,10,13-15H2,1-2H3/t19-/m1/s1. The fourth-order valence-corrected chi connectivity index (χ4v) is 4.34. The summed E-state index contributed by atoms with van der Waals surface area (Å²) in [5.74, 6) is 1.47. The average molecular weight is 304 g/mol. The van der Waals surface area contributed by atoms with Crippen molar-refractivity contribution in [2.45, 2.75) is 70.0 Å². The summed E-state index contributed by atoms with van der Waals surface area (Å²) in [6.07, 6.45) is 9.98. The highest BCUT2D eigenvalue weighted by atomic mass is 32.2. The maximum Gasteiger partial charge on any atom is 0.178 e. The molecule has 0 saturated heterocycles. The molecule has 0 amide bonds. The van der Waals surface area contributed by atoms with Gasteiger partial charge in [-0.25, -0.2) is 0 Å². The summed E-state index contributed by atoms with van der Waals surface area (Å²) in [7, 11) is 0. The number of aryl methyl sites for hydroxylation is 1. The van der Waals surface area contributed by atoms with Gasteiger partial charge in [-0.2, -0.15) is 0 Å². The van der Waals surface area contributed by atoms with Crippen molar-refractivity contribution in [3.8, 4) is 0 Å². The lowest BCUT2D eigenvalue weighted by molar-refractivity contribution is 0.0936. The number of thioether (sulfide) groups is 1. The molecule has 0 aliphatic heterocycles. The number of carbonyl (C=O) groups excluding carboxylic acids is 1. The maximum absolute atomic E-state index is 12.7. The van der Waals surface area contributed by atoms with Gasteiger partial charge in [0.1, 0.15) is 0 Å². The molecule has 0 spiro atoms. The molecule has 1 aliphatic carbocycles. The van der Waals surface area contributed by atoms with Crippen LogP contribution in [0.3, 0.4) is 0 Å². The lowest BCUT2D eigenvalue weighted by atomic mass is 9.83. The van der Waals surface area contributed by atoms with Gasteiger partial charge in [-0.05, 0) is 37.5 Å². The molecule has 116 valence electrons. The van der Waals surface area contributed by atoms with Gasteiger partial charge in [0.05, 0.1) is 4.75 Å².